The summed E-state index contributed by atoms with van der Waals surface area (Å²) in [6.45, 7) is 2.55. The van der Waals surface area contributed by atoms with Crippen molar-refractivity contribution in [2.24, 2.45) is 23.7 Å². The number of carboxylic acids is 1. The standard InChI is InChI=1S/C37H54F4N2O6/c1-23-18-19-26(16-12-8-9-13-17-27(23)25-14-10-6-4-3-5-7-11-15-25)37(48)42-24(2)36(47)43-30(21-32(45)46)31(44)22-49-35-33(40)28(38)20-29(39)34(35)41/h20,23-27,30H,3-19,21-22H2,1-2H3,(H,42,48)(H,43,47)(H,45,46)/t23?,24-,26?,27?,30?/m0/s1. The highest BCUT2D eigenvalue weighted by Gasteiger charge is 2.31. The minimum Gasteiger partial charge on any atom is -0.481 e. The van der Waals surface area contributed by atoms with E-state index in [1.165, 1.54) is 77.6 Å². The molecule has 8 nitrogen and oxygen atoms in total. The fourth-order valence-corrected chi connectivity index (χ4v) is 7.50. The summed E-state index contributed by atoms with van der Waals surface area (Å²) in [5.41, 5.74) is 0. The smallest absolute Gasteiger partial charge is 0.305 e. The van der Waals surface area contributed by atoms with Gasteiger partial charge in [-0.3, -0.25) is 19.2 Å². The molecule has 12 heteroatoms. The third kappa shape index (κ3) is 12.9. The maximum Gasteiger partial charge on any atom is 0.305 e. The maximum absolute atomic E-state index is 14.0. The summed E-state index contributed by atoms with van der Waals surface area (Å²) >= 11 is 0. The van der Waals surface area contributed by atoms with Crippen molar-refractivity contribution >= 4 is 23.6 Å². The molecule has 0 aromatic heterocycles. The number of aliphatic carboxylic acids is 1. The first-order chi connectivity index (χ1) is 23.4. The second-order valence-corrected chi connectivity index (χ2v) is 14.2. The Bertz CT molecular complexity index is 1230. The van der Waals surface area contributed by atoms with Gasteiger partial charge in [0.05, 0.1) is 6.42 Å². The first-order valence-corrected chi connectivity index (χ1v) is 18.2. The Balaban J connectivity index is 1.60. The lowest BCUT2D eigenvalue weighted by atomic mass is 9.72. The monoisotopic (exact) mass is 698 g/mol. The predicted octanol–water partition coefficient (Wildman–Crippen LogP) is 7.80. The molecule has 49 heavy (non-hydrogen) atoms. The van der Waals surface area contributed by atoms with Crippen molar-refractivity contribution in [3.63, 3.8) is 0 Å². The topological polar surface area (TPSA) is 122 Å². The maximum atomic E-state index is 14.0. The van der Waals surface area contributed by atoms with Crippen molar-refractivity contribution in [2.45, 2.75) is 142 Å². The van der Waals surface area contributed by atoms with Crippen LogP contribution >= 0.6 is 0 Å². The number of carbonyl (C=O) groups is 4. The number of hydrogen-bond donors (Lipinski definition) is 3. The summed E-state index contributed by atoms with van der Waals surface area (Å²) in [4.78, 5) is 50.7. The Labute approximate surface area is 287 Å². The van der Waals surface area contributed by atoms with Gasteiger partial charge in [-0.2, -0.15) is 8.78 Å². The van der Waals surface area contributed by atoms with Crippen molar-refractivity contribution < 1.29 is 46.6 Å². The SMILES string of the molecule is CC1CCC(C(=O)N[C@@H](C)C(=O)NC(CC(=O)O)C(=O)COc2c(F)c(F)cc(F)c2F)CCCCCCC1C1CCCCCCCCC1. The van der Waals surface area contributed by atoms with Crippen molar-refractivity contribution in [1.29, 1.82) is 0 Å². The molecule has 2 fully saturated rings. The first-order valence-electron chi connectivity index (χ1n) is 18.2. The molecule has 0 heterocycles. The number of nitrogens with one attached hydrogen (secondary N) is 2. The zero-order valence-electron chi connectivity index (χ0n) is 29.0. The van der Waals surface area contributed by atoms with E-state index in [-0.39, 0.29) is 17.9 Å². The summed E-state index contributed by atoms with van der Waals surface area (Å²) in [6.07, 6.45) is 18.6. The molecule has 3 N–H and O–H groups in total. The van der Waals surface area contributed by atoms with Gasteiger partial charge >= 0.3 is 5.97 Å². The van der Waals surface area contributed by atoms with E-state index < -0.39 is 71.8 Å². The Morgan fingerprint density at radius 2 is 1.31 bits per heavy atom. The molecule has 4 unspecified atom stereocenters. The summed E-state index contributed by atoms with van der Waals surface area (Å²) in [5.74, 6) is -10.9. The highest BCUT2D eigenvalue weighted by molar-refractivity contribution is 5.95. The molecule has 1 aromatic carbocycles. The average molecular weight is 699 g/mol. The van der Waals surface area contributed by atoms with Crippen LogP contribution in [0.3, 0.4) is 0 Å². The van der Waals surface area contributed by atoms with E-state index >= 15 is 0 Å². The van der Waals surface area contributed by atoms with Gasteiger partial charge in [-0.15, -0.1) is 0 Å². The lowest BCUT2D eigenvalue weighted by Gasteiger charge is -2.33. The van der Waals surface area contributed by atoms with E-state index in [1.54, 1.807) is 0 Å². The van der Waals surface area contributed by atoms with Crippen LogP contribution in [0, 0.1) is 46.9 Å². The van der Waals surface area contributed by atoms with Crippen molar-refractivity contribution in [2.75, 3.05) is 6.61 Å². The Morgan fingerprint density at radius 3 is 1.88 bits per heavy atom. The number of ether oxygens (including phenoxy) is 1. The van der Waals surface area contributed by atoms with E-state index in [4.69, 9.17) is 0 Å². The van der Waals surface area contributed by atoms with E-state index in [2.05, 4.69) is 22.3 Å². The summed E-state index contributed by atoms with van der Waals surface area (Å²) in [5, 5.41) is 14.3. The van der Waals surface area contributed by atoms with Gasteiger partial charge in [-0.1, -0.05) is 90.4 Å². The molecule has 3 rings (SSSR count). The molecule has 0 saturated heterocycles. The van der Waals surface area contributed by atoms with Crippen LogP contribution in [0.25, 0.3) is 0 Å². The Morgan fingerprint density at radius 1 is 0.776 bits per heavy atom. The molecular formula is C37H54F4N2O6. The number of benzene rings is 1. The fourth-order valence-electron chi connectivity index (χ4n) is 7.50. The van der Waals surface area contributed by atoms with Crippen LogP contribution in [0.1, 0.15) is 129 Å². The van der Waals surface area contributed by atoms with E-state index in [0.29, 0.717) is 30.6 Å². The molecule has 0 radical (unpaired) electrons. The number of hydrogen-bond acceptors (Lipinski definition) is 5. The van der Waals surface area contributed by atoms with Crippen LogP contribution in [-0.2, 0) is 19.2 Å². The van der Waals surface area contributed by atoms with Gasteiger partial charge in [0.25, 0.3) is 0 Å². The molecule has 0 spiro atoms. The van der Waals surface area contributed by atoms with Gasteiger partial charge in [-0.25, -0.2) is 8.78 Å². The minimum absolute atomic E-state index is 0.0257. The second kappa shape index (κ2) is 20.5. The minimum atomic E-state index is -1.87. The first kappa shape index (κ1) is 40.3. The van der Waals surface area contributed by atoms with Gasteiger partial charge in [0.1, 0.15) is 18.7 Å². The van der Waals surface area contributed by atoms with Crippen LogP contribution in [0.4, 0.5) is 17.6 Å². The molecule has 2 aliphatic rings. The van der Waals surface area contributed by atoms with Crippen LogP contribution in [0.15, 0.2) is 6.07 Å². The average Bonchev–Trinajstić information content (AvgIpc) is 3.10. The van der Waals surface area contributed by atoms with Crippen LogP contribution in [-0.4, -0.2) is 47.4 Å². The van der Waals surface area contributed by atoms with Gasteiger partial charge in [0.2, 0.25) is 23.4 Å². The van der Waals surface area contributed by atoms with E-state index in [0.717, 1.165) is 25.7 Å². The largest absolute Gasteiger partial charge is 0.481 e. The Kier molecular flexibility index (Phi) is 16.8. The number of carbonyl (C=O) groups excluding carboxylic acids is 3. The normalized spacial score (nSPS) is 23.3. The van der Waals surface area contributed by atoms with E-state index in [1.807, 2.05) is 0 Å². The van der Waals surface area contributed by atoms with Crippen LogP contribution in [0.2, 0.25) is 0 Å². The number of Topliss-reactive ketones (excluding diaryl/α,β-unsaturated/α-hetero) is 1. The number of amides is 2. The highest BCUT2D eigenvalue weighted by atomic mass is 19.2. The fraction of sp³-hybridized carbons (Fsp3) is 0.730. The van der Waals surface area contributed by atoms with Crippen molar-refractivity contribution in [1.82, 2.24) is 10.6 Å². The van der Waals surface area contributed by atoms with Crippen molar-refractivity contribution in [3.8, 4) is 5.75 Å². The number of ketones is 1. The molecule has 2 saturated carbocycles. The predicted molar refractivity (Wildman–Crippen MR) is 177 cm³/mol. The van der Waals surface area contributed by atoms with Gasteiger partial charge in [-0.05, 0) is 50.4 Å². The van der Waals surface area contributed by atoms with Gasteiger partial charge in [0, 0.05) is 12.0 Å². The molecule has 0 bridgehead atoms. The van der Waals surface area contributed by atoms with Crippen LogP contribution in [0.5, 0.6) is 5.75 Å². The summed E-state index contributed by atoms with van der Waals surface area (Å²) < 4.78 is 59.6. The molecule has 2 amide bonds. The quantitative estimate of drug-likeness (QED) is 0.160. The van der Waals surface area contributed by atoms with Crippen LogP contribution < -0.4 is 15.4 Å². The molecule has 0 aliphatic heterocycles. The van der Waals surface area contributed by atoms with Crippen molar-refractivity contribution in [3.05, 3.63) is 29.3 Å². The molecule has 276 valence electrons. The molecule has 1 aromatic rings. The molecule has 5 atom stereocenters. The highest BCUT2D eigenvalue weighted by Crippen LogP contribution is 2.38. The molecular weight excluding hydrogens is 644 g/mol. The molecule has 2 aliphatic carbocycles. The number of halogens is 4. The second-order valence-electron chi connectivity index (χ2n) is 14.2. The Hall–Kier alpha value is -3.18. The zero-order chi connectivity index (χ0) is 35.9. The summed E-state index contributed by atoms with van der Waals surface area (Å²) in [6, 6.07) is -2.86. The van der Waals surface area contributed by atoms with Gasteiger partial charge in [0.15, 0.2) is 23.2 Å². The number of rotatable bonds is 11. The third-order valence-corrected chi connectivity index (χ3v) is 10.4. The van der Waals surface area contributed by atoms with E-state index in [9.17, 15) is 41.8 Å². The third-order valence-electron chi connectivity index (χ3n) is 10.4. The van der Waals surface area contributed by atoms with Gasteiger partial charge < -0.3 is 20.5 Å². The lowest BCUT2D eigenvalue weighted by molar-refractivity contribution is -0.141. The zero-order valence-corrected chi connectivity index (χ0v) is 29.0. The summed E-state index contributed by atoms with van der Waals surface area (Å²) in [7, 11) is 0. The number of carboxylic acid groups (broad SMARTS) is 1. The lowest BCUT2D eigenvalue weighted by Crippen LogP contribution is -2.52.